The number of piperidine rings is 2. The van der Waals surface area contributed by atoms with Crippen LogP contribution < -0.4 is 10.2 Å². The largest absolute Gasteiger partial charge is 0.481 e. The molecule has 0 unspecified atom stereocenters. The summed E-state index contributed by atoms with van der Waals surface area (Å²) < 4.78 is 1.79. The van der Waals surface area contributed by atoms with Crippen LogP contribution in [0.15, 0.2) is 18.2 Å². The summed E-state index contributed by atoms with van der Waals surface area (Å²) in [4.78, 5) is 36.9. The summed E-state index contributed by atoms with van der Waals surface area (Å²) >= 11 is 0. The molecule has 2 aliphatic heterocycles. The summed E-state index contributed by atoms with van der Waals surface area (Å²) in [5.41, 5.74) is 2.75. The van der Waals surface area contributed by atoms with Crippen LogP contribution in [0, 0.1) is 5.92 Å². The minimum atomic E-state index is -0.726. The van der Waals surface area contributed by atoms with Gasteiger partial charge < -0.3 is 10.0 Å². The number of benzene rings is 1. The van der Waals surface area contributed by atoms with Crippen molar-refractivity contribution in [2.45, 2.75) is 38.0 Å². The second kappa shape index (κ2) is 7.26. The van der Waals surface area contributed by atoms with E-state index in [0.717, 1.165) is 42.5 Å². The van der Waals surface area contributed by atoms with Crippen molar-refractivity contribution in [1.82, 2.24) is 15.1 Å². The topological polar surface area (TPSA) is 105 Å². The Hall–Kier alpha value is -2.90. The summed E-state index contributed by atoms with van der Waals surface area (Å²) in [6.07, 6.45) is 2.80. The number of fused-ring (bicyclic) bond motifs is 1. The molecule has 1 aromatic heterocycles. The van der Waals surface area contributed by atoms with Crippen LogP contribution in [0.5, 0.6) is 0 Å². The molecule has 3 heterocycles. The molecule has 0 aliphatic carbocycles. The van der Waals surface area contributed by atoms with Gasteiger partial charge in [0.15, 0.2) is 0 Å². The summed E-state index contributed by atoms with van der Waals surface area (Å²) in [5, 5.41) is 16.9. The molecule has 0 saturated carbocycles. The van der Waals surface area contributed by atoms with E-state index in [-0.39, 0.29) is 24.2 Å². The molecule has 0 spiro atoms. The number of anilines is 1. The number of aliphatic carboxylic acids is 1. The summed E-state index contributed by atoms with van der Waals surface area (Å²) in [6, 6.07) is 6.12. The zero-order chi connectivity index (χ0) is 19.8. The second-order valence-corrected chi connectivity index (χ2v) is 7.74. The number of carboxylic acid groups (broad SMARTS) is 1. The lowest BCUT2D eigenvalue weighted by molar-refractivity contribution is -0.138. The van der Waals surface area contributed by atoms with Gasteiger partial charge in [0, 0.05) is 44.1 Å². The minimum Gasteiger partial charge on any atom is -0.481 e. The molecule has 4 rings (SSSR count). The Morgan fingerprint density at radius 2 is 2.00 bits per heavy atom. The normalized spacial score (nSPS) is 21.2. The maximum atomic E-state index is 12.2. The molecule has 1 aromatic carbocycles. The van der Waals surface area contributed by atoms with E-state index < -0.39 is 11.9 Å². The van der Waals surface area contributed by atoms with Crippen LogP contribution in [0.1, 0.15) is 43.7 Å². The number of hydrogen-bond donors (Lipinski definition) is 2. The molecule has 8 heteroatoms. The van der Waals surface area contributed by atoms with E-state index in [9.17, 15) is 14.4 Å². The number of aryl methyl sites for hydroxylation is 1. The third kappa shape index (κ3) is 3.46. The third-order valence-corrected chi connectivity index (χ3v) is 5.88. The van der Waals surface area contributed by atoms with Gasteiger partial charge in [-0.05, 0) is 43.4 Å². The van der Waals surface area contributed by atoms with Crippen LogP contribution in [0.4, 0.5) is 5.69 Å². The summed E-state index contributed by atoms with van der Waals surface area (Å²) in [7, 11) is 1.86. The van der Waals surface area contributed by atoms with Gasteiger partial charge in [-0.1, -0.05) is 0 Å². The predicted molar refractivity (Wildman–Crippen MR) is 103 cm³/mol. The Labute approximate surface area is 162 Å². The van der Waals surface area contributed by atoms with Gasteiger partial charge >= 0.3 is 5.97 Å². The lowest BCUT2D eigenvalue weighted by Crippen LogP contribution is -2.39. The molecule has 28 heavy (non-hydrogen) atoms. The number of carboxylic acids is 1. The molecule has 8 nitrogen and oxygen atoms in total. The molecule has 148 valence electrons. The number of nitrogens with zero attached hydrogens (tertiary/aromatic N) is 3. The molecule has 0 bridgehead atoms. The number of hydrogen-bond acceptors (Lipinski definition) is 5. The van der Waals surface area contributed by atoms with Gasteiger partial charge in [-0.3, -0.25) is 24.4 Å². The molecule has 0 radical (unpaired) electrons. The number of aromatic nitrogens is 2. The Balaban J connectivity index is 1.56. The number of carbonyl (C=O) groups is 3. The van der Waals surface area contributed by atoms with Crippen LogP contribution in [-0.4, -0.2) is 45.8 Å². The highest BCUT2D eigenvalue weighted by atomic mass is 16.4. The number of imide groups is 1. The number of rotatable bonds is 4. The van der Waals surface area contributed by atoms with Gasteiger partial charge in [-0.2, -0.15) is 5.10 Å². The Morgan fingerprint density at radius 3 is 2.68 bits per heavy atom. The van der Waals surface area contributed by atoms with Crippen LogP contribution >= 0.6 is 0 Å². The first-order valence-corrected chi connectivity index (χ1v) is 9.69. The fourth-order valence-corrected chi connectivity index (χ4v) is 4.32. The number of carbonyl (C=O) groups excluding carboxylic acids is 2. The van der Waals surface area contributed by atoms with E-state index >= 15 is 0 Å². The van der Waals surface area contributed by atoms with E-state index in [0.29, 0.717) is 18.5 Å². The molecule has 2 saturated heterocycles. The van der Waals surface area contributed by atoms with Crippen LogP contribution in [0.2, 0.25) is 0 Å². The summed E-state index contributed by atoms with van der Waals surface area (Å²) in [5.74, 6) is -1.39. The lowest BCUT2D eigenvalue weighted by Gasteiger charge is -2.33. The molecule has 2 aliphatic rings. The number of amides is 2. The standard InChI is InChI=1S/C20H24N4O4/c1-23-16-11-13(24-8-6-12(7-9-24)10-18(26)27)2-3-14(16)19(22-23)15-4-5-17(25)21-20(15)28/h2-3,11-12,15H,4-10H2,1H3,(H,26,27)(H,21,25,28)/t15-/m1/s1. The first-order chi connectivity index (χ1) is 13.4. The molecule has 2 aromatic rings. The van der Waals surface area contributed by atoms with Crippen LogP contribution in [0.3, 0.4) is 0 Å². The van der Waals surface area contributed by atoms with Crippen LogP contribution in [-0.2, 0) is 21.4 Å². The number of nitrogens with one attached hydrogen (secondary N) is 1. The maximum Gasteiger partial charge on any atom is 0.303 e. The Kier molecular flexibility index (Phi) is 4.78. The Bertz CT molecular complexity index is 943. The molecule has 2 amide bonds. The van der Waals surface area contributed by atoms with Crippen molar-refractivity contribution in [2.24, 2.45) is 13.0 Å². The van der Waals surface area contributed by atoms with E-state index in [1.165, 1.54) is 0 Å². The van der Waals surface area contributed by atoms with E-state index in [4.69, 9.17) is 5.11 Å². The van der Waals surface area contributed by atoms with E-state index in [2.05, 4.69) is 21.4 Å². The van der Waals surface area contributed by atoms with Gasteiger partial charge in [0.2, 0.25) is 11.8 Å². The van der Waals surface area contributed by atoms with Gasteiger partial charge in [-0.15, -0.1) is 0 Å². The highest BCUT2D eigenvalue weighted by molar-refractivity contribution is 6.02. The van der Waals surface area contributed by atoms with E-state index in [1.807, 2.05) is 19.2 Å². The quantitative estimate of drug-likeness (QED) is 0.779. The maximum absolute atomic E-state index is 12.2. The zero-order valence-corrected chi connectivity index (χ0v) is 15.9. The van der Waals surface area contributed by atoms with Crippen molar-refractivity contribution in [3.8, 4) is 0 Å². The molecule has 1 atom stereocenters. The van der Waals surface area contributed by atoms with Crippen LogP contribution in [0.25, 0.3) is 10.9 Å². The van der Waals surface area contributed by atoms with Gasteiger partial charge in [0.1, 0.15) is 0 Å². The van der Waals surface area contributed by atoms with Crippen molar-refractivity contribution in [1.29, 1.82) is 0 Å². The fourth-order valence-electron chi connectivity index (χ4n) is 4.32. The molecular weight excluding hydrogens is 360 g/mol. The van der Waals surface area contributed by atoms with Crippen molar-refractivity contribution >= 4 is 34.4 Å². The second-order valence-electron chi connectivity index (χ2n) is 7.74. The molecular formula is C20H24N4O4. The first-order valence-electron chi connectivity index (χ1n) is 9.69. The van der Waals surface area contributed by atoms with Gasteiger partial charge in [0.25, 0.3) is 0 Å². The predicted octanol–water partition coefficient (Wildman–Crippen LogP) is 1.78. The lowest BCUT2D eigenvalue weighted by atomic mass is 9.92. The first kappa shape index (κ1) is 18.5. The highest BCUT2D eigenvalue weighted by Crippen LogP contribution is 2.33. The fraction of sp³-hybridized carbons (Fsp3) is 0.500. The average Bonchev–Trinajstić information content (AvgIpc) is 2.98. The van der Waals surface area contributed by atoms with Crippen molar-refractivity contribution in [3.63, 3.8) is 0 Å². The monoisotopic (exact) mass is 384 g/mol. The average molecular weight is 384 g/mol. The van der Waals surface area contributed by atoms with Gasteiger partial charge in [0.05, 0.1) is 17.1 Å². The van der Waals surface area contributed by atoms with Crippen molar-refractivity contribution < 1.29 is 19.5 Å². The highest BCUT2D eigenvalue weighted by Gasteiger charge is 2.31. The molecule has 2 fully saturated rings. The zero-order valence-electron chi connectivity index (χ0n) is 15.9. The van der Waals surface area contributed by atoms with Crippen molar-refractivity contribution in [3.05, 3.63) is 23.9 Å². The summed E-state index contributed by atoms with van der Waals surface area (Å²) in [6.45, 7) is 1.67. The van der Waals surface area contributed by atoms with Crippen molar-refractivity contribution in [2.75, 3.05) is 18.0 Å². The minimum absolute atomic E-state index is 0.227. The van der Waals surface area contributed by atoms with Gasteiger partial charge in [-0.25, -0.2) is 0 Å². The third-order valence-electron chi connectivity index (χ3n) is 5.88. The SMILES string of the molecule is Cn1nc([C@H]2CCC(=O)NC2=O)c2ccc(N3CCC(CC(=O)O)CC3)cc21. The smallest absolute Gasteiger partial charge is 0.303 e. The van der Waals surface area contributed by atoms with E-state index in [1.54, 1.807) is 4.68 Å². The Morgan fingerprint density at radius 1 is 1.25 bits per heavy atom. The molecule has 2 N–H and O–H groups in total.